The van der Waals surface area contributed by atoms with Gasteiger partial charge in [-0.05, 0) is 17.7 Å². The van der Waals surface area contributed by atoms with Gasteiger partial charge in [-0.25, -0.2) is 4.39 Å². The lowest BCUT2D eigenvalue weighted by atomic mass is 10.2. The zero-order chi connectivity index (χ0) is 9.14. The second-order valence-electron chi connectivity index (χ2n) is 2.08. The Balaban J connectivity index is 3.21. The van der Waals surface area contributed by atoms with Gasteiger partial charge in [0.1, 0.15) is 5.82 Å². The van der Waals surface area contributed by atoms with Gasteiger partial charge < -0.3 is 5.84 Å². The molecule has 2 N–H and O–H groups in total. The first-order valence-corrected chi connectivity index (χ1v) is 3.78. The molecule has 1 rings (SSSR count). The van der Waals surface area contributed by atoms with Crippen LogP contribution < -0.4 is 5.84 Å². The summed E-state index contributed by atoms with van der Waals surface area (Å²) in [5, 5.41) is 3.28. The largest absolute Gasteiger partial charge is 0.323 e. The smallest absolute Gasteiger partial charge is 0.143 e. The van der Waals surface area contributed by atoms with Crippen molar-refractivity contribution < 1.29 is 4.39 Å². The molecule has 0 unspecified atom stereocenters. The third-order valence-corrected chi connectivity index (χ3v) is 2.01. The fourth-order valence-electron chi connectivity index (χ4n) is 0.736. The minimum atomic E-state index is -0.584. The van der Waals surface area contributed by atoms with Crippen molar-refractivity contribution in [1.29, 1.82) is 0 Å². The summed E-state index contributed by atoms with van der Waals surface area (Å²) in [5.41, 5.74) is 0.476. The maximum atomic E-state index is 12.8. The number of nitrogens with zero attached hydrogens (tertiary/aromatic N) is 1. The monoisotopic (exact) mass is 206 g/mol. The summed E-state index contributed by atoms with van der Waals surface area (Å²) in [6.45, 7) is 0. The van der Waals surface area contributed by atoms with Gasteiger partial charge in [-0.2, -0.15) is 5.10 Å². The lowest BCUT2D eigenvalue weighted by Gasteiger charge is -1.98. The highest BCUT2D eigenvalue weighted by Crippen LogP contribution is 2.25. The van der Waals surface area contributed by atoms with E-state index in [9.17, 15) is 4.39 Å². The van der Waals surface area contributed by atoms with Crippen LogP contribution in [0.5, 0.6) is 0 Å². The average Bonchev–Trinajstić information content (AvgIpc) is 2.01. The van der Waals surface area contributed by atoms with Crippen LogP contribution in [0, 0.1) is 5.82 Å². The minimum Gasteiger partial charge on any atom is -0.323 e. The molecule has 2 nitrogen and oxygen atoms in total. The number of halogens is 3. The Kier molecular flexibility index (Phi) is 2.89. The molecule has 12 heavy (non-hydrogen) atoms. The summed E-state index contributed by atoms with van der Waals surface area (Å²) in [5.74, 6) is 4.29. The van der Waals surface area contributed by atoms with E-state index in [1.165, 1.54) is 18.3 Å². The molecule has 0 spiro atoms. The van der Waals surface area contributed by atoms with Gasteiger partial charge in [-0.3, -0.25) is 0 Å². The number of hydrazone groups is 1. The summed E-state index contributed by atoms with van der Waals surface area (Å²) in [4.78, 5) is 0. The number of nitrogens with two attached hydrogens (primary N) is 1. The maximum absolute atomic E-state index is 12.8. The number of benzene rings is 1. The molecule has 0 atom stereocenters. The Labute approximate surface area is 78.8 Å². The Bertz CT molecular complexity index is 302. The molecule has 64 valence electrons. The molecule has 0 fully saturated rings. The zero-order valence-electron chi connectivity index (χ0n) is 5.89. The van der Waals surface area contributed by atoms with Crippen molar-refractivity contribution >= 4 is 29.4 Å². The van der Waals surface area contributed by atoms with Crippen molar-refractivity contribution in [2.24, 2.45) is 10.9 Å². The van der Waals surface area contributed by atoms with Gasteiger partial charge in [0.2, 0.25) is 0 Å². The van der Waals surface area contributed by atoms with Crippen LogP contribution in [0.2, 0.25) is 10.0 Å². The molecule has 0 aromatic heterocycles. The van der Waals surface area contributed by atoms with E-state index in [0.29, 0.717) is 5.56 Å². The number of hydrogen-bond donors (Lipinski definition) is 1. The van der Waals surface area contributed by atoms with Crippen LogP contribution >= 0.6 is 23.2 Å². The standard InChI is InChI=1S/C7H5Cl2FN2/c8-5-1-4(3-12-11)2-6(10)7(5)9/h1-3H,11H2. The van der Waals surface area contributed by atoms with Gasteiger partial charge in [-0.1, -0.05) is 23.2 Å². The molecule has 1 aromatic rings. The predicted octanol–water partition coefficient (Wildman–Crippen LogP) is 2.43. The van der Waals surface area contributed by atoms with Crippen LogP contribution in [-0.2, 0) is 0 Å². The van der Waals surface area contributed by atoms with Gasteiger partial charge >= 0.3 is 0 Å². The van der Waals surface area contributed by atoms with Crippen LogP contribution in [0.4, 0.5) is 4.39 Å². The summed E-state index contributed by atoms with van der Waals surface area (Å²) in [7, 11) is 0. The fourth-order valence-corrected chi connectivity index (χ4v) is 1.06. The van der Waals surface area contributed by atoms with Crippen LogP contribution in [-0.4, -0.2) is 6.21 Å². The highest BCUT2D eigenvalue weighted by atomic mass is 35.5. The zero-order valence-corrected chi connectivity index (χ0v) is 7.40. The molecule has 0 saturated carbocycles. The summed E-state index contributed by atoms with van der Waals surface area (Å²) < 4.78 is 12.8. The van der Waals surface area contributed by atoms with Crippen LogP contribution in [0.3, 0.4) is 0 Å². The van der Waals surface area contributed by atoms with E-state index in [0.717, 1.165) is 0 Å². The molecular weight excluding hydrogens is 202 g/mol. The molecule has 0 heterocycles. The topological polar surface area (TPSA) is 38.4 Å². The highest BCUT2D eigenvalue weighted by Gasteiger charge is 2.05. The SMILES string of the molecule is NN=Cc1cc(F)c(Cl)c(Cl)c1. The van der Waals surface area contributed by atoms with Crippen LogP contribution in [0.1, 0.15) is 5.56 Å². The predicted molar refractivity (Wildman–Crippen MR) is 48.2 cm³/mol. The molecule has 5 heteroatoms. The number of rotatable bonds is 1. The second-order valence-corrected chi connectivity index (χ2v) is 2.86. The van der Waals surface area contributed by atoms with E-state index in [1.807, 2.05) is 0 Å². The van der Waals surface area contributed by atoms with Gasteiger partial charge in [0, 0.05) is 0 Å². The van der Waals surface area contributed by atoms with Gasteiger partial charge in [0.15, 0.2) is 0 Å². The minimum absolute atomic E-state index is 0.0918. The van der Waals surface area contributed by atoms with Crippen molar-refractivity contribution in [3.63, 3.8) is 0 Å². The van der Waals surface area contributed by atoms with E-state index in [1.54, 1.807) is 0 Å². The Morgan fingerprint density at radius 3 is 2.58 bits per heavy atom. The van der Waals surface area contributed by atoms with E-state index in [4.69, 9.17) is 29.0 Å². The highest BCUT2D eigenvalue weighted by molar-refractivity contribution is 6.42. The average molecular weight is 207 g/mol. The first-order chi connectivity index (χ1) is 5.65. The van der Waals surface area contributed by atoms with Gasteiger partial charge in [0.05, 0.1) is 16.3 Å². The lowest BCUT2D eigenvalue weighted by molar-refractivity contribution is 0.628. The van der Waals surface area contributed by atoms with Crippen molar-refractivity contribution in [2.45, 2.75) is 0 Å². The van der Waals surface area contributed by atoms with E-state index < -0.39 is 5.82 Å². The van der Waals surface area contributed by atoms with Gasteiger partial charge in [0.25, 0.3) is 0 Å². The lowest BCUT2D eigenvalue weighted by Crippen LogP contribution is -1.89. The van der Waals surface area contributed by atoms with Crippen molar-refractivity contribution in [2.75, 3.05) is 0 Å². The first kappa shape index (κ1) is 9.29. The summed E-state index contributed by atoms with van der Waals surface area (Å²) >= 11 is 11.0. The molecule has 0 aliphatic rings. The maximum Gasteiger partial charge on any atom is 0.143 e. The Morgan fingerprint density at radius 2 is 2.08 bits per heavy atom. The van der Waals surface area contributed by atoms with Crippen molar-refractivity contribution in [3.05, 3.63) is 33.6 Å². The van der Waals surface area contributed by atoms with Crippen molar-refractivity contribution in [1.82, 2.24) is 0 Å². The van der Waals surface area contributed by atoms with Crippen LogP contribution in [0.25, 0.3) is 0 Å². The van der Waals surface area contributed by atoms with Crippen molar-refractivity contribution in [3.8, 4) is 0 Å². The Morgan fingerprint density at radius 1 is 1.42 bits per heavy atom. The van der Waals surface area contributed by atoms with E-state index in [-0.39, 0.29) is 10.0 Å². The molecule has 0 aliphatic carbocycles. The molecule has 1 aromatic carbocycles. The van der Waals surface area contributed by atoms with E-state index in [2.05, 4.69) is 5.10 Å². The van der Waals surface area contributed by atoms with Crippen LogP contribution in [0.15, 0.2) is 17.2 Å². The molecule has 0 saturated heterocycles. The molecule has 0 radical (unpaired) electrons. The number of hydrogen-bond acceptors (Lipinski definition) is 2. The fraction of sp³-hybridized carbons (Fsp3) is 0. The van der Waals surface area contributed by atoms with E-state index >= 15 is 0 Å². The summed E-state index contributed by atoms with van der Waals surface area (Å²) in [6, 6.07) is 2.67. The third-order valence-electron chi connectivity index (χ3n) is 1.23. The Hall–Kier alpha value is -0.800. The third kappa shape index (κ3) is 1.87. The molecule has 0 aliphatic heterocycles. The summed E-state index contributed by atoms with van der Waals surface area (Å²) in [6.07, 6.45) is 1.28. The molecular formula is C7H5Cl2FN2. The first-order valence-electron chi connectivity index (χ1n) is 3.03. The molecule has 0 bridgehead atoms. The van der Waals surface area contributed by atoms with Gasteiger partial charge in [-0.15, -0.1) is 0 Å². The quantitative estimate of drug-likeness (QED) is 0.326. The normalized spacial score (nSPS) is 10.9. The molecule has 0 amide bonds. The second kappa shape index (κ2) is 3.74.